The lowest BCUT2D eigenvalue weighted by molar-refractivity contribution is 0.555. The lowest BCUT2D eigenvalue weighted by Crippen LogP contribution is -2.29. The Kier molecular flexibility index (Phi) is 5.38. The Labute approximate surface area is 149 Å². The minimum absolute atomic E-state index is 0.0720. The maximum absolute atomic E-state index is 13.6. The molecule has 0 amide bonds. The summed E-state index contributed by atoms with van der Waals surface area (Å²) >= 11 is 0. The molecular formula is C17H16F2N4O2S. The van der Waals surface area contributed by atoms with E-state index in [9.17, 15) is 17.2 Å². The van der Waals surface area contributed by atoms with E-state index in [0.717, 1.165) is 18.2 Å². The zero-order valence-electron chi connectivity index (χ0n) is 13.6. The maximum Gasteiger partial charge on any atom is 0.215 e. The maximum atomic E-state index is 13.6. The van der Waals surface area contributed by atoms with Crippen LogP contribution in [0.1, 0.15) is 5.56 Å². The van der Waals surface area contributed by atoms with Crippen LogP contribution < -0.4 is 4.72 Å². The van der Waals surface area contributed by atoms with Crippen molar-refractivity contribution in [2.45, 2.75) is 12.3 Å². The Bertz CT molecular complexity index is 991. The molecule has 0 aliphatic rings. The molecule has 3 aromatic rings. The normalized spacial score (nSPS) is 11.6. The van der Waals surface area contributed by atoms with Crippen molar-refractivity contribution in [2.24, 2.45) is 0 Å². The van der Waals surface area contributed by atoms with Gasteiger partial charge >= 0.3 is 0 Å². The van der Waals surface area contributed by atoms with E-state index in [1.807, 2.05) is 12.1 Å². The number of hydrogen-bond acceptors (Lipinski definition) is 4. The van der Waals surface area contributed by atoms with Crippen LogP contribution in [0.15, 0.2) is 54.9 Å². The third kappa shape index (κ3) is 4.70. The molecule has 0 saturated carbocycles. The molecule has 136 valence electrons. The van der Waals surface area contributed by atoms with Gasteiger partial charge in [-0.1, -0.05) is 6.07 Å². The lowest BCUT2D eigenvalue weighted by atomic mass is 10.2. The molecule has 1 aromatic carbocycles. The van der Waals surface area contributed by atoms with Crippen molar-refractivity contribution in [3.8, 4) is 11.4 Å². The molecule has 2 aromatic heterocycles. The molecule has 26 heavy (non-hydrogen) atoms. The van der Waals surface area contributed by atoms with E-state index in [1.54, 1.807) is 29.2 Å². The number of rotatable bonds is 7. The van der Waals surface area contributed by atoms with E-state index >= 15 is 0 Å². The zero-order valence-corrected chi connectivity index (χ0v) is 14.5. The topological polar surface area (TPSA) is 76.9 Å². The second kappa shape index (κ2) is 7.71. The first kappa shape index (κ1) is 18.2. The number of benzene rings is 1. The zero-order chi connectivity index (χ0) is 18.6. The van der Waals surface area contributed by atoms with Crippen molar-refractivity contribution in [1.82, 2.24) is 19.5 Å². The van der Waals surface area contributed by atoms with E-state index < -0.39 is 27.4 Å². The summed E-state index contributed by atoms with van der Waals surface area (Å²) in [5, 5.41) is 4.32. The van der Waals surface area contributed by atoms with E-state index in [1.165, 1.54) is 0 Å². The van der Waals surface area contributed by atoms with Gasteiger partial charge in [0, 0.05) is 24.5 Å². The molecule has 2 heterocycles. The summed E-state index contributed by atoms with van der Waals surface area (Å²) < 4.78 is 54.7. The molecule has 0 unspecified atom stereocenters. The first-order chi connectivity index (χ1) is 12.4. The smallest absolute Gasteiger partial charge is 0.215 e. The number of hydrogen-bond donors (Lipinski definition) is 1. The second-order valence-corrected chi connectivity index (χ2v) is 7.38. The van der Waals surface area contributed by atoms with Crippen molar-refractivity contribution >= 4 is 10.0 Å². The SMILES string of the molecule is O=S(=O)(Cc1cc(F)ccc1F)NCCn1ccc(-c2ccccn2)n1. The van der Waals surface area contributed by atoms with E-state index in [0.29, 0.717) is 11.4 Å². The van der Waals surface area contributed by atoms with Gasteiger partial charge in [0.15, 0.2) is 0 Å². The van der Waals surface area contributed by atoms with Gasteiger partial charge in [-0.3, -0.25) is 9.67 Å². The highest BCUT2D eigenvalue weighted by molar-refractivity contribution is 7.88. The number of aromatic nitrogens is 3. The lowest BCUT2D eigenvalue weighted by Gasteiger charge is -2.08. The number of sulfonamides is 1. The standard InChI is InChI=1S/C17H16F2N4O2S/c18-14-4-5-15(19)13(11-14)12-26(24,25)21-8-10-23-9-6-17(22-23)16-3-1-2-7-20-16/h1-7,9,11,21H,8,10,12H2. The molecule has 0 spiro atoms. The van der Waals surface area contributed by atoms with Crippen LogP contribution in [-0.2, 0) is 22.3 Å². The van der Waals surface area contributed by atoms with Gasteiger partial charge in [0.05, 0.1) is 18.0 Å². The average molecular weight is 378 g/mol. The molecule has 0 fully saturated rings. The first-order valence-corrected chi connectivity index (χ1v) is 9.44. The highest BCUT2D eigenvalue weighted by Crippen LogP contribution is 2.14. The highest BCUT2D eigenvalue weighted by Gasteiger charge is 2.15. The Balaban J connectivity index is 1.57. The quantitative estimate of drug-likeness (QED) is 0.685. The van der Waals surface area contributed by atoms with Gasteiger partial charge in [0.2, 0.25) is 10.0 Å². The van der Waals surface area contributed by atoms with Crippen LogP contribution in [0.25, 0.3) is 11.4 Å². The molecule has 0 bridgehead atoms. The summed E-state index contributed by atoms with van der Waals surface area (Å²) in [7, 11) is -3.80. The predicted octanol–water partition coefficient (Wildman–Crippen LogP) is 2.34. The summed E-state index contributed by atoms with van der Waals surface area (Å²) in [6.07, 6.45) is 3.37. The van der Waals surface area contributed by atoms with Crippen molar-refractivity contribution in [1.29, 1.82) is 0 Å². The molecular weight excluding hydrogens is 362 g/mol. The summed E-state index contributed by atoms with van der Waals surface area (Å²) in [6, 6.07) is 9.97. The van der Waals surface area contributed by atoms with Crippen molar-refractivity contribution < 1.29 is 17.2 Å². The Hall–Kier alpha value is -2.65. The van der Waals surface area contributed by atoms with Gasteiger partial charge in [-0.25, -0.2) is 21.9 Å². The Morgan fingerprint density at radius 3 is 2.69 bits per heavy atom. The van der Waals surface area contributed by atoms with Crippen LogP contribution in [0.5, 0.6) is 0 Å². The van der Waals surface area contributed by atoms with Crippen LogP contribution in [0.2, 0.25) is 0 Å². The van der Waals surface area contributed by atoms with Crippen molar-refractivity contribution in [2.75, 3.05) is 6.54 Å². The van der Waals surface area contributed by atoms with Gasteiger partial charge in [0.1, 0.15) is 17.3 Å². The summed E-state index contributed by atoms with van der Waals surface area (Å²) in [4.78, 5) is 4.19. The predicted molar refractivity (Wildman–Crippen MR) is 92.4 cm³/mol. The van der Waals surface area contributed by atoms with E-state index in [4.69, 9.17) is 0 Å². The van der Waals surface area contributed by atoms with Crippen LogP contribution >= 0.6 is 0 Å². The minimum atomic E-state index is -3.80. The van der Waals surface area contributed by atoms with E-state index in [-0.39, 0.29) is 18.7 Å². The molecule has 9 heteroatoms. The monoisotopic (exact) mass is 378 g/mol. The molecule has 3 rings (SSSR count). The molecule has 0 radical (unpaired) electrons. The fourth-order valence-corrected chi connectivity index (χ4v) is 3.50. The van der Waals surface area contributed by atoms with Crippen molar-refractivity contribution in [3.05, 3.63) is 72.1 Å². The minimum Gasteiger partial charge on any atom is -0.271 e. The van der Waals surface area contributed by atoms with Crippen LogP contribution in [-0.4, -0.2) is 29.7 Å². The fourth-order valence-electron chi connectivity index (χ4n) is 2.36. The molecule has 0 saturated heterocycles. The van der Waals surface area contributed by atoms with Gasteiger partial charge in [0.25, 0.3) is 0 Å². The third-order valence-corrected chi connectivity index (χ3v) is 4.92. The van der Waals surface area contributed by atoms with Crippen LogP contribution in [0, 0.1) is 11.6 Å². The van der Waals surface area contributed by atoms with Gasteiger partial charge < -0.3 is 0 Å². The van der Waals surface area contributed by atoms with Gasteiger partial charge in [-0.15, -0.1) is 0 Å². The van der Waals surface area contributed by atoms with Crippen LogP contribution in [0.3, 0.4) is 0 Å². The molecule has 0 aliphatic carbocycles. The number of halogens is 2. The Morgan fingerprint density at radius 1 is 1.08 bits per heavy atom. The van der Waals surface area contributed by atoms with Gasteiger partial charge in [-0.2, -0.15) is 5.10 Å². The Morgan fingerprint density at radius 2 is 1.92 bits per heavy atom. The molecule has 1 N–H and O–H groups in total. The summed E-state index contributed by atoms with van der Waals surface area (Å²) in [5.41, 5.74) is 1.18. The first-order valence-electron chi connectivity index (χ1n) is 7.79. The highest BCUT2D eigenvalue weighted by atomic mass is 32.2. The second-order valence-electron chi connectivity index (χ2n) is 5.57. The number of nitrogens with one attached hydrogen (secondary N) is 1. The average Bonchev–Trinajstić information content (AvgIpc) is 3.07. The number of nitrogens with zero attached hydrogens (tertiary/aromatic N) is 3. The third-order valence-electron chi connectivity index (χ3n) is 3.58. The van der Waals surface area contributed by atoms with Gasteiger partial charge in [-0.05, 0) is 36.4 Å². The molecule has 6 nitrogen and oxygen atoms in total. The van der Waals surface area contributed by atoms with E-state index in [2.05, 4.69) is 14.8 Å². The molecule has 0 atom stereocenters. The molecule has 0 aliphatic heterocycles. The van der Waals surface area contributed by atoms with Crippen molar-refractivity contribution in [3.63, 3.8) is 0 Å². The number of pyridine rings is 1. The van der Waals surface area contributed by atoms with Crippen LogP contribution in [0.4, 0.5) is 8.78 Å². The fraction of sp³-hybridized carbons (Fsp3) is 0.176. The summed E-state index contributed by atoms with van der Waals surface area (Å²) in [5.74, 6) is -2.08. The largest absolute Gasteiger partial charge is 0.271 e. The summed E-state index contributed by atoms with van der Waals surface area (Å²) in [6.45, 7) is 0.361.